The number of nitrogens with one attached hydrogen (secondary N) is 1. The predicted octanol–water partition coefficient (Wildman–Crippen LogP) is 4.93. The van der Waals surface area contributed by atoms with Gasteiger partial charge < -0.3 is 10.1 Å². The molecule has 0 bridgehead atoms. The summed E-state index contributed by atoms with van der Waals surface area (Å²) in [6, 6.07) is 20.0. The second-order valence-electron chi connectivity index (χ2n) is 6.63. The second kappa shape index (κ2) is 8.62. The number of rotatable bonds is 5. The molecule has 2 heterocycles. The maximum atomic E-state index is 12.4. The van der Waals surface area contributed by atoms with Gasteiger partial charge in [0.05, 0.1) is 11.3 Å². The molecule has 4 aromatic rings. The van der Waals surface area contributed by atoms with E-state index in [1.807, 2.05) is 38.1 Å². The number of aromatic nitrogens is 4. The maximum absolute atomic E-state index is 12.4. The van der Waals surface area contributed by atoms with Crippen LogP contribution in [0.15, 0.2) is 66.7 Å². The molecule has 1 amide bonds. The number of halogens is 1. The number of anilines is 1. The zero-order chi connectivity index (χ0) is 21.1. The fraction of sp³-hybridized carbons (Fsp3) is 0.0909. The van der Waals surface area contributed by atoms with Crippen molar-refractivity contribution in [3.05, 3.63) is 87.3 Å². The second-order valence-corrected chi connectivity index (χ2v) is 7.79. The van der Waals surface area contributed by atoms with Crippen molar-refractivity contribution in [2.24, 2.45) is 0 Å². The zero-order valence-corrected chi connectivity index (χ0v) is 18.5. The lowest BCUT2D eigenvalue weighted by atomic mass is 10.2. The summed E-state index contributed by atoms with van der Waals surface area (Å²) in [6.07, 6.45) is 0. The summed E-state index contributed by atoms with van der Waals surface area (Å²) in [7, 11) is 0. The van der Waals surface area contributed by atoms with Gasteiger partial charge in [-0.3, -0.25) is 4.79 Å². The SMILES string of the molecule is Cc1cc(C)n(-c2ccc(Oc3ccc(NC(=O)c4ccccc4I)cc3)nn2)n1. The Hall–Kier alpha value is -3.27. The summed E-state index contributed by atoms with van der Waals surface area (Å²) in [5.74, 6) is 1.44. The summed E-state index contributed by atoms with van der Waals surface area (Å²) in [6.45, 7) is 3.90. The number of carbonyl (C=O) groups is 1. The van der Waals surface area contributed by atoms with E-state index in [4.69, 9.17) is 4.74 Å². The van der Waals surface area contributed by atoms with Crippen LogP contribution in [0.25, 0.3) is 5.82 Å². The Kier molecular flexibility index (Phi) is 5.75. The van der Waals surface area contributed by atoms with E-state index in [0.29, 0.717) is 28.7 Å². The van der Waals surface area contributed by atoms with E-state index in [9.17, 15) is 4.79 Å². The molecule has 8 heteroatoms. The monoisotopic (exact) mass is 511 g/mol. The van der Waals surface area contributed by atoms with Crippen molar-refractivity contribution in [3.63, 3.8) is 0 Å². The Morgan fingerprint density at radius 1 is 1.00 bits per heavy atom. The van der Waals surface area contributed by atoms with Crippen LogP contribution in [0.2, 0.25) is 0 Å². The molecule has 0 spiro atoms. The average molecular weight is 511 g/mol. The van der Waals surface area contributed by atoms with Crippen molar-refractivity contribution < 1.29 is 9.53 Å². The van der Waals surface area contributed by atoms with Crippen molar-refractivity contribution in [3.8, 4) is 17.4 Å². The van der Waals surface area contributed by atoms with E-state index in [1.165, 1.54) is 0 Å². The number of ether oxygens (including phenoxy) is 1. The molecule has 2 aromatic carbocycles. The minimum atomic E-state index is -0.153. The minimum Gasteiger partial charge on any atom is -0.438 e. The first-order valence-corrected chi connectivity index (χ1v) is 10.3. The molecule has 0 aliphatic rings. The molecule has 0 unspecified atom stereocenters. The lowest BCUT2D eigenvalue weighted by molar-refractivity contribution is 0.102. The Bertz CT molecular complexity index is 1190. The highest BCUT2D eigenvalue weighted by molar-refractivity contribution is 14.1. The van der Waals surface area contributed by atoms with Gasteiger partial charge >= 0.3 is 0 Å². The van der Waals surface area contributed by atoms with Crippen LogP contribution >= 0.6 is 22.6 Å². The van der Waals surface area contributed by atoms with Gasteiger partial charge in [0.1, 0.15) is 5.75 Å². The van der Waals surface area contributed by atoms with Gasteiger partial charge in [0.15, 0.2) is 5.82 Å². The van der Waals surface area contributed by atoms with Crippen LogP contribution in [0.1, 0.15) is 21.7 Å². The van der Waals surface area contributed by atoms with E-state index in [1.54, 1.807) is 47.1 Å². The highest BCUT2D eigenvalue weighted by atomic mass is 127. The van der Waals surface area contributed by atoms with Crippen molar-refractivity contribution in [2.75, 3.05) is 5.32 Å². The van der Waals surface area contributed by atoms with Gasteiger partial charge in [0.2, 0.25) is 5.88 Å². The highest BCUT2D eigenvalue weighted by Gasteiger charge is 2.10. The number of carbonyl (C=O) groups excluding carboxylic acids is 1. The predicted molar refractivity (Wildman–Crippen MR) is 122 cm³/mol. The van der Waals surface area contributed by atoms with Gasteiger partial charge in [-0.05, 0) is 85.0 Å². The molecule has 0 fully saturated rings. The molecule has 0 atom stereocenters. The lowest BCUT2D eigenvalue weighted by Gasteiger charge is -2.09. The van der Waals surface area contributed by atoms with E-state index in [0.717, 1.165) is 15.0 Å². The molecule has 2 aromatic heterocycles. The van der Waals surface area contributed by atoms with Crippen LogP contribution < -0.4 is 10.1 Å². The molecule has 0 aliphatic carbocycles. The average Bonchev–Trinajstić information content (AvgIpc) is 3.08. The Morgan fingerprint density at radius 3 is 2.40 bits per heavy atom. The van der Waals surface area contributed by atoms with Gasteiger partial charge in [0, 0.05) is 21.0 Å². The fourth-order valence-corrected chi connectivity index (χ4v) is 3.54. The lowest BCUT2D eigenvalue weighted by Crippen LogP contribution is -2.13. The van der Waals surface area contributed by atoms with Crippen molar-refractivity contribution >= 4 is 34.2 Å². The van der Waals surface area contributed by atoms with E-state index in [-0.39, 0.29) is 5.91 Å². The number of nitrogens with zero attached hydrogens (tertiary/aromatic N) is 4. The topological polar surface area (TPSA) is 81.9 Å². The zero-order valence-electron chi connectivity index (χ0n) is 16.3. The van der Waals surface area contributed by atoms with Gasteiger partial charge in [-0.15, -0.1) is 10.2 Å². The summed E-state index contributed by atoms with van der Waals surface area (Å²) >= 11 is 2.15. The summed E-state index contributed by atoms with van der Waals surface area (Å²) in [4.78, 5) is 12.4. The number of hydrogen-bond donors (Lipinski definition) is 1. The van der Waals surface area contributed by atoms with Crippen molar-refractivity contribution in [2.45, 2.75) is 13.8 Å². The number of benzene rings is 2. The fourth-order valence-electron chi connectivity index (χ4n) is 2.91. The first-order valence-electron chi connectivity index (χ1n) is 9.21. The van der Waals surface area contributed by atoms with Gasteiger partial charge in [0.25, 0.3) is 5.91 Å². The van der Waals surface area contributed by atoms with E-state index >= 15 is 0 Å². The molecular formula is C22H18IN5O2. The summed E-state index contributed by atoms with van der Waals surface area (Å²) in [5, 5.41) is 15.6. The molecule has 4 rings (SSSR count). The molecular weight excluding hydrogens is 493 g/mol. The summed E-state index contributed by atoms with van der Waals surface area (Å²) < 4.78 is 8.38. The Labute approximate surface area is 187 Å². The maximum Gasteiger partial charge on any atom is 0.256 e. The minimum absolute atomic E-state index is 0.153. The number of amides is 1. The third-order valence-corrected chi connectivity index (χ3v) is 5.25. The number of hydrogen-bond acceptors (Lipinski definition) is 5. The molecule has 30 heavy (non-hydrogen) atoms. The smallest absolute Gasteiger partial charge is 0.256 e. The largest absolute Gasteiger partial charge is 0.438 e. The third kappa shape index (κ3) is 4.48. The Morgan fingerprint density at radius 2 is 1.77 bits per heavy atom. The first kappa shape index (κ1) is 20.0. The quantitative estimate of drug-likeness (QED) is 0.385. The van der Waals surface area contributed by atoms with Crippen molar-refractivity contribution in [1.82, 2.24) is 20.0 Å². The molecule has 150 valence electrons. The molecule has 0 radical (unpaired) electrons. The first-order chi connectivity index (χ1) is 14.5. The molecule has 7 nitrogen and oxygen atoms in total. The van der Waals surface area contributed by atoms with Crippen LogP contribution in [-0.4, -0.2) is 25.9 Å². The molecule has 0 saturated heterocycles. The van der Waals surface area contributed by atoms with Gasteiger partial charge in [-0.2, -0.15) is 5.10 Å². The van der Waals surface area contributed by atoms with Gasteiger partial charge in [-0.1, -0.05) is 12.1 Å². The van der Waals surface area contributed by atoms with Gasteiger partial charge in [-0.25, -0.2) is 4.68 Å². The Balaban J connectivity index is 1.42. The van der Waals surface area contributed by atoms with Crippen LogP contribution in [0.5, 0.6) is 11.6 Å². The normalized spacial score (nSPS) is 10.6. The third-order valence-electron chi connectivity index (χ3n) is 4.31. The van der Waals surface area contributed by atoms with Crippen LogP contribution in [0.3, 0.4) is 0 Å². The van der Waals surface area contributed by atoms with Crippen LogP contribution in [0.4, 0.5) is 5.69 Å². The standard InChI is InChI=1S/C22H18IN5O2/c1-14-13-15(2)28(27-14)20-11-12-21(26-25-20)30-17-9-7-16(8-10-17)24-22(29)18-5-3-4-6-19(18)23/h3-13H,1-2H3,(H,24,29). The van der Waals surface area contributed by atoms with E-state index in [2.05, 4.69) is 43.2 Å². The van der Waals surface area contributed by atoms with E-state index < -0.39 is 0 Å². The molecule has 1 N–H and O–H groups in total. The van der Waals surface area contributed by atoms with Crippen LogP contribution in [0, 0.1) is 17.4 Å². The summed E-state index contributed by atoms with van der Waals surface area (Å²) in [5.41, 5.74) is 3.22. The number of aryl methyl sites for hydroxylation is 2. The van der Waals surface area contributed by atoms with Crippen molar-refractivity contribution in [1.29, 1.82) is 0 Å². The highest BCUT2D eigenvalue weighted by Crippen LogP contribution is 2.22. The molecule has 0 aliphatic heterocycles. The van der Waals surface area contributed by atoms with Crippen LogP contribution in [-0.2, 0) is 0 Å². The molecule has 0 saturated carbocycles.